The Bertz CT molecular complexity index is 971. The first kappa shape index (κ1) is 17.4. The number of aromatic hydroxyl groups is 1. The Morgan fingerprint density at radius 1 is 1.31 bits per heavy atom. The number of aromatic amines is 1. The Hall–Kier alpha value is -3.42. The second-order valence-corrected chi connectivity index (χ2v) is 6.05. The number of carbonyl (C=O) groups excluding carboxylic acids is 2. The van der Waals surface area contributed by atoms with Gasteiger partial charge in [0.05, 0.1) is 18.3 Å². The highest BCUT2D eigenvalue weighted by molar-refractivity contribution is 6.35. The number of nitrogens with zero attached hydrogens (tertiary/aromatic N) is 2. The van der Waals surface area contributed by atoms with Gasteiger partial charge in [-0.15, -0.1) is 10.2 Å². The number of H-pyrrole nitrogens is 1. The summed E-state index contributed by atoms with van der Waals surface area (Å²) in [4.78, 5) is 26.4. The van der Waals surface area contributed by atoms with Gasteiger partial charge in [-0.05, 0) is 35.7 Å². The van der Waals surface area contributed by atoms with Gasteiger partial charge in [0.25, 0.3) is 0 Å². The van der Waals surface area contributed by atoms with Crippen molar-refractivity contribution < 1.29 is 19.1 Å². The van der Waals surface area contributed by atoms with Crippen LogP contribution in [-0.4, -0.2) is 21.9 Å². The van der Waals surface area contributed by atoms with Crippen molar-refractivity contribution in [2.45, 2.75) is 26.3 Å². The Morgan fingerprint density at radius 3 is 2.81 bits per heavy atom. The smallest absolute Gasteiger partial charge is 0.353 e. The minimum absolute atomic E-state index is 0.0726. The molecule has 3 aromatic rings. The molecule has 0 bridgehead atoms. The van der Waals surface area contributed by atoms with Gasteiger partial charge in [0.15, 0.2) is 5.69 Å². The molecule has 134 valence electrons. The van der Waals surface area contributed by atoms with Crippen LogP contribution in [0.15, 0.2) is 51.2 Å². The molecule has 0 saturated heterocycles. The van der Waals surface area contributed by atoms with Gasteiger partial charge in [-0.1, -0.05) is 19.9 Å². The molecule has 0 saturated carbocycles. The van der Waals surface area contributed by atoms with Crippen LogP contribution in [0.2, 0.25) is 0 Å². The van der Waals surface area contributed by atoms with E-state index in [1.165, 1.54) is 6.26 Å². The molecule has 3 N–H and O–H groups in total. The second kappa shape index (κ2) is 7.22. The zero-order valence-corrected chi connectivity index (χ0v) is 14.3. The summed E-state index contributed by atoms with van der Waals surface area (Å²) < 4.78 is 5.06. The second-order valence-electron chi connectivity index (χ2n) is 6.05. The molecule has 26 heavy (non-hydrogen) atoms. The van der Waals surface area contributed by atoms with E-state index in [2.05, 4.69) is 20.5 Å². The SMILES string of the molecule is CC(C)c1ccc2[nH]c(O)c(N=NC(=O)C(=O)NCc3ccco3)c2c1. The molecule has 2 aromatic heterocycles. The van der Waals surface area contributed by atoms with Gasteiger partial charge >= 0.3 is 11.8 Å². The van der Waals surface area contributed by atoms with E-state index in [4.69, 9.17) is 4.42 Å². The van der Waals surface area contributed by atoms with Crippen LogP contribution in [-0.2, 0) is 16.1 Å². The van der Waals surface area contributed by atoms with Crippen molar-refractivity contribution in [2.75, 3.05) is 0 Å². The van der Waals surface area contributed by atoms with E-state index < -0.39 is 11.8 Å². The van der Waals surface area contributed by atoms with E-state index in [-0.39, 0.29) is 24.0 Å². The molecule has 0 radical (unpaired) electrons. The maximum Gasteiger partial charge on any atom is 0.353 e. The molecule has 0 unspecified atom stereocenters. The number of azo groups is 1. The molecule has 0 aliphatic carbocycles. The van der Waals surface area contributed by atoms with Crippen molar-refractivity contribution in [3.63, 3.8) is 0 Å². The third-order valence-electron chi connectivity index (χ3n) is 3.88. The average Bonchev–Trinajstić information content (AvgIpc) is 3.24. The van der Waals surface area contributed by atoms with Crippen LogP contribution in [0.1, 0.15) is 31.1 Å². The summed E-state index contributed by atoms with van der Waals surface area (Å²) in [7, 11) is 0. The highest BCUT2D eigenvalue weighted by atomic mass is 16.3. The molecule has 2 heterocycles. The highest BCUT2D eigenvalue weighted by Crippen LogP contribution is 2.36. The predicted octanol–water partition coefficient (Wildman–Crippen LogP) is 3.52. The Morgan fingerprint density at radius 2 is 2.12 bits per heavy atom. The normalized spacial score (nSPS) is 11.5. The maximum atomic E-state index is 11.8. The zero-order chi connectivity index (χ0) is 18.7. The molecule has 0 spiro atoms. The van der Waals surface area contributed by atoms with E-state index in [1.54, 1.807) is 12.1 Å². The van der Waals surface area contributed by atoms with Crippen LogP contribution in [0.5, 0.6) is 5.88 Å². The molecule has 1 aromatic carbocycles. The predicted molar refractivity (Wildman–Crippen MR) is 94.1 cm³/mol. The summed E-state index contributed by atoms with van der Waals surface area (Å²) in [5.41, 5.74) is 1.83. The van der Waals surface area contributed by atoms with Crippen LogP contribution in [0.4, 0.5) is 5.69 Å². The molecular formula is C18H18N4O4. The molecule has 0 aliphatic heterocycles. The Labute approximate surface area is 148 Å². The Kier molecular flexibility index (Phi) is 4.83. The molecule has 0 atom stereocenters. The number of hydrogen-bond donors (Lipinski definition) is 3. The molecule has 8 heteroatoms. The van der Waals surface area contributed by atoms with E-state index in [0.717, 1.165) is 5.56 Å². The van der Waals surface area contributed by atoms with Crippen LogP contribution < -0.4 is 5.32 Å². The summed E-state index contributed by atoms with van der Waals surface area (Å²) in [6, 6.07) is 8.97. The number of furan rings is 1. The summed E-state index contributed by atoms with van der Waals surface area (Å²) in [5.74, 6) is -1.39. The number of hydrogen-bond acceptors (Lipinski definition) is 5. The number of rotatable bonds is 4. The van der Waals surface area contributed by atoms with E-state index in [1.807, 2.05) is 32.0 Å². The number of aromatic nitrogens is 1. The van der Waals surface area contributed by atoms with Crippen LogP contribution in [0, 0.1) is 0 Å². The van der Waals surface area contributed by atoms with E-state index in [9.17, 15) is 14.7 Å². The fraction of sp³-hybridized carbons (Fsp3) is 0.222. The van der Waals surface area contributed by atoms with Gasteiger partial charge in [0.1, 0.15) is 5.76 Å². The van der Waals surface area contributed by atoms with Gasteiger partial charge in [-0.3, -0.25) is 9.59 Å². The summed E-state index contributed by atoms with van der Waals surface area (Å²) in [6.07, 6.45) is 1.47. The maximum absolute atomic E-state index is 11.8. The molecule has 0 fully saturated rings. The summed E-state index contributed by atoms with van der Waals surface area (Å²) >= 11 is 0. The standard InChI is InChI=1S/C18H18N4O4/c1-10(2)11-5-6-14-13(8-11)15(16(23)20-14)21-22-18(25)17(24)19-9-12-4-3-7-26-12/h3-8,10,20,23H,9H2,1-2H3,(H,19,24). The lowest BCUT2D eigenvalue weighted by Crippen LogP contribution is -2.28. The summed E-state index contributed by atoms with van der Waals surface area (Å²) in [5, 5.41) is 20.2. The summed E-state index contributed by atoms with van der Waals surface area (Å²) in [6.45, 7) is 4.16. The van der Waals surface area contributed by atoms with Gasteiger partial charge in [-0.25, -0.2) is 0 Å². The number of nitrogens with one attached hydrogen (secondary N) is 2. The lowest BCUT2D eigenvalue weighted by atomic mass is 10.0. The van der Waals surface area contributed by atoms with Crippen LogP contribution in [0.25, 0.3) is 10.9 Å². The van der Waals surface area contributed by atoms with Crippen LogP contribution in [0.3, 0.4) is 0 Å². The highest BCUT2D eigenvalue weighted by Gasteiger charge is 2.16. The van der Waals surface area contributed by atoms with Crippen LogP contribution >= 0.6 is 0 Å². The van der Waals surface area contributed by atoms with Crippen molar-refractivity contribution in [1.29, 1.82) is 0 Å². The van der Waals surface area contributed by atoms with Gasteiger partial charge in [-0.2, -0.15) is 0 Å². The van der Waals surface area contributed by atoms with Gasteiger partial charge in [0, 0.05) is 5.39 Å². The number of fused-ring (bicyclic) bond motifs is 1. The topological polar surface area (TPSA) is 120 Å². The van der Waals surface area contributed by atoms with Crippen molar-refractivity contribution in [3.8, 4) is 5.88 Å². The third-order valence-corrected chi connectivity index (χ3v) is 3.88. The largest absolute Gasteiger partial charge is 0.493 e. The zero-order valence-electron chi connectivity index (χ0n) is 14.3. The monoisotopic (exact) mass is 354 g/mol. The first-order valence-electron chi connectivity index (χ1n) is 8.06. The quantitative estimate of drug-likeness (QED) is 0.490. The number of amides is 2. The minimum atomic E-state index is -1.06. The lowest BCUT2D eigenvalue weighted by molar-refractivity contribution is -0.137. The Balaban J connectivity index is 1.76. The molecule has 0 aliphatic rings. The molecule has 3 rings (SSSR count). The van der Waals surface area contributed by atoms with Crippen molar-refractivity contribution >= 4 is 28.4 Å². The number of carbonyl (C=O) groups is 2. The third kappa shape index (κ3) is 3.64. The van der Waals surface area contributed by atoms with Crippen molar-refractivity contribution in [2.24, 2.45) is 10.2 Å². The van der Waals surface area contributed by atoms with Gasteiger partial charge in [0.2, 0.25) is 5.88 Å². The van der Waals surface area contributed by atoms with Gasteiger partial charge < -0.3 is 19.8 Å². The van der Waals surface area contributed by atoms with Crippen molar-refractivity contribution in [3.05, 3.63) is 47.9 Å². The van der Waals surface area contributed by atoms with Crippen molar-refractivity contribution in [1.82, 2.24) is 10.3 Å². The first-order chi connectivity index (χ1) is 12.5. The lowest BCUT2D eigenvalue weighted by Gasteiger charge is -2.04. The first-order valence-corrected chi connectivity index (χ1v) is 8.06. The minimum Gasteiger partial charge on any atom is -0.493 e. The molecular weight excluding hydrogens is 336 g/mol. The fourth-order valence-corrected chi connectivity index (χ4v) is 2.44. The van der Waals surface area contributed by atoms with E-state index in [0.29, 0.717) is 16.7 Å². The fourth-order valence-electron chi connectivity index (χ4n) is 2.44. The van der Waals surface area contributed by atoms with E-state index >= 15 is 0 Å². The number of benzene rings is 1. The molecule has 2 amide bonds. The average molecular weight is 354 g/mol. The molecule has 8 nitrogen and oxygen atoms in total.